The molecular formula is C9H15NO2S. The van der Waals surface area contributed by atoms with Gasteiger partial charge in [0.2, 0.25) is 5.91 Å². The summed E-state index contributed by atoms with van der Waals surface area (Å²) < 4.78 is 5.06. The van der Waals surface area contributed by atoms with Crippen LogP contribution >= 0.6 is 11.8 Å². The Labute approximate surface area is 83.1 Å². The van der Waals surface area contributed by atoms with Crippen molar-refractivity contribution in [2.45, 2.75) is 6.04 Å². The van der Waals surface area contributed by atoms with E-state index in [1.807, 2.05) is 16.7 Å². The van der Waals surface area contributed by atoms with E-state index in [-0.39, 0.29) is 11.9 Å². The van der Waals surface area contributed by atoms with Gasteiger partial charge < -0.3 is 9.64 Å². The maximum Gasteiger partial charge on any atom is 0.246 e. The van der Waals surface area contributed by atoms with Gasteiger partial charge in [-0.15, -0.1) is 0 Å². The van der Waals surface area contributed by atoms with Crippen LogP contribution in [0.15, 0.2) is 12.7 Å². The zero-order chi connectivity index (χ0) is 9.68. The predicted molar refractivity (Wildman–Crippen MR) is 54.9 cm³/mol. The van der Waals surface area contributed by atoms with Gasteiger partial charge >= 0.3 is 0 Å². The molecule has 1 rings (SSSR count). The first-order valence-corrected chi connectivity index (χ1v) is 5.44. The van der Waals surface area contributed by atoms with Crippen LogP contribution in [0.5, 0.6) is 0 Å². The monoisotopic (exact) mass is 201 g/mol. The maximum atomic E-state index is 11.4. The number of methoxy groups -OCH3 is 1. The minimum atomic E-state index is 0.0161. The number of amides is 1. The summed E-state index contributed by atoms with van der Waals surface area (Å²) in [5.74, 6) is 2.00. The van der Waals surface area contributed by atoms with Crippen molar-refractivity contribution in [3.63, 3.8) is 0 Å². The van der Waals surface area contributed by atoms with Crippen molar-refractivity contribution in [3.8, 4) is 0 Å². The highest BCUT2D eigenvalue weighted by Crippen LogP contribution is 2.16. The van der Waals surface area contributed by atoms with E-state index in [1.54, 1.807) is 7.11 Å². The molecule has 1 aliphatic rings. The summed E-state index contributed by atoms with van der Waals surface area (Å²) in [5.41, 5.74) is 0. The van der Waals surface area contributed by atoms with Gasteiger partial charge in [-0.25, -0.2) is 0 Å². The smallest absolute Gasteiger partial charge is 0.246 e. The van der Waals surface area contributed by atoms with Gasteiger partial charge in [0.15, 0.2) is 0 Å². The molecule has 0 spiro atoms. The van der Waals surface area contributed by atoms with Crippen molar-refractivity contribution in [1.29, 1.82) is 0 Å². The van der Waals surface area contributed by atoms with Crippen molar-refractivity contribution in [3.05, 3.63) is 12.7 Å². The van der Waals surface area contributed by atoms with Crippen LogP contribution in [0.2, 0.25) is 0 Å². The summed E-state index contributed by atoms with van der Waals surface area (Å²) in [4.78, 5) is 13.2. The Hall–Kier alpha value is -0.480. The summed E-state index contributed by atoms with van der Waals surface area (Å²) in [7, 11) is 1.66. The van der Waals surface area contributed by atoms with E-state index in [0.717, 1.165) is 18.1 Å². The Morgan fingerprint density at radius 2 is 2.62 bits per heavy atom. The zero-order valence-corrected chi connectivity index (χ0v) is 8.68. The van der Waals surface area contributed by atoms with Gasteiger partial charge in [0, 0.05) is 25.2 Å². The fourth-order valence-corrected chi connectivity index (χ4v) is 2.43. The lowest BCUT2D eigenvalue weighted by molar-refractivity contribution is -0.128. The number of ether oxygens (including phenoxy) is 1. The lowest BCUT2D eigenvalue weighted by atomic mass is 10.3. The Morgan fingerprint density at radius 3 is 3.23 bits per heavy atom. The summed E-state index contributed by atoms with van der Waals surface area (Å²) in [6.45, 7) is 4.92. The van der Waals surface area contributed by atoms with Crippen molar-refractivity contribution in [2.75, 3.05) is 31.8 Å². The van der Waals surface area contributed by atoms with Gasteiger partial charge in [-0.05, 0) is 6.08 Å². The largest absolute Gasteiger partial charge is 0.383 e. The molecule has 0 aromatic rings. The fourth-order valence-electron chi connectivity index (χ4n) is 1.39. The average molecular weight is 201 g/mol. The topological polar surface area (TPSA) is 29.5 Å². The third-order valence-corrected chi connectivity index (χ3v) is 3.14. The normalized spacial score (nSPS) is 22.8. The second-order valence-electron chi connectivity index (χ2n) is 2.92. The molecule has 0 radical (unpaired) electrons. The number of nitrogens with zero attached hydrogens (tertiary/aromatic N) is 1. The number of carbonyl (C=O) groups excluding carboxylic acids is 1. The van der Waals surface area contributed by atoms with Gasteiger partial charge in [-0.1, -0.05) is 6.58 Å². The van der Waals surface area contributed by atoms with Gasteiger partial charge in [-0.3, -0.25) is 4.79 Å². The lowest BCUT2D eigenvalue weighted by Crippen LogP contribution is -2.47. The Kier molecular flexibility index (Phi) is 4.32. The molecule has 74 valence electrons. The van der Waals surface area contributed by atoms with E-state index in [4.69, 9.17) is 4.74 Å². The van der Waals surface area contributed by atoms with Crippen LogP contribution in [0.25, 0.3) is 0 Å². The molecule has 1 heterocycles. The molecule has 1 fully saturated rings. The number of hydrogen-bond donors (Lipinski definition) is 0. The van der Waals surface area contributed by atoms with Crippen molar-refractivity contribution in [1.82, 2.24) is 4.90 Å². The van der Waals surface area contributed by atoms with Crippen LogP contribution in [-0.4, -0.2) is 48.6 Å². The van der Waals surface area contributed by atoms with Crippen molar-refractivity contribution >= 4 is 17.7 Å². The SMILES string of the molecule is C=CC(=O)N1CCSC[C@@H]1COC. The minimum absolute atomic E-state index is 0.0161. The molecular weight excluding hydrogens is 186 g/mol. The fraction of sp³-hybridized carbons (Fsp3) is 0.667. The van der Waals surface area contributed by atoms with Crippen LogP contribution in [0.3, 0.4) is 0 Å². The summed E-state index contributed by atoms with van der Waals surface area (Å²) >= 11 is 1.87. The lowest BCUT2D eigenvalue weighted by Gasteiger charge is -2.34. The summed E-state index contributed by atoms with van der Waals surface area (Å²) in [6, 6.07) is 0.217. The molecule has 0 bridgehead atoms. The average Bonchev–Trinajstić information content (AvgIpc) is 2.18. The quantitative estimate of drug-likeness (QED) is 0.631. The van der Waals surface area contributed by atoms with Crippen LogP contribution in [0.1, 0.15) is 0 Å². The number of hydrogen-bond acceptors (Lipinski definition) is 3. The molecule has 0 saturated carbocycles. The van der Waals surface area contributed by atoms with Crippen LogP contribution in [-0.2, 0) is 9.53 Å². The minimum Gasteiger partial charge on any atom is -0.383 e. The van der Waals surface area contributed by atoms with Gasteiger partial charge in [0.25, 0.3) is 0 Å². The molecule has 1 amide bonds. The summed E-state index contributed by atoms with van der Waals surface area (Å²) in [6.07, 6.45) is 1.37. The molecule has 1 aliphatic heterocycles. The molecule has 1 saturated heterocycles. The Morgan fingerprint density at radius 1 is 1.85 bits per heavy atom. The van der Waals surface area contributed by atoms with E-state index in [1.165, 1.54) is 6.08 Å². The van der Waals surface area contributed by atoms with Gasteiger partial charge in [0.1, 0.15) is 0 Å². The van der Waals surface area contributed by atoms with E-state index in [0.29, 0.717) is 6.61 Å². The highest BCUT2D eigenvalue weighted by molar-refractivity contribution is 7.99. The van der Waals surface area contributed by atoms with Crippen LogP contribution < -0.4 is 0 Å². The molecule has 0 unspecified atom stereocenters. The first kappa shape index (κ1) is 10.6. The molecule has 0 aromatic carbocycles. The standard InChI is InChI=1S/C9H15NO2S/c1-3-9(11)10-4-5-13-7-8(10)6-12-2/h3,8H,1,4-7H2,2H3/t8-/m0/s1. The van der Waals surface area contributed by atoms with E-state index < -0.39 is 0 Å². The molecule has 1 atom stereocenters. The summed E-state index contributed by atoms with van der Waals surface area (Å²) in [5, 5.41) is 0. The molecule has 0 aliphatic carbocycles. The van der Waals surface area contributed by atoms with Gasteiger partial charge in [-0.2, -0.15) is 11.8 Å². The molecule has 0 N–H and O–H groups in total. The molecule has 0 aromatic heterocycles. The van der Waals surface area contributed by atoms with Crippen molar-refractivity contribution < 1.29 is 9.53 Å². The Bertz CT molecular complexity index is 194. The maximum absolute atomic E-state index is 11.4. The van der Waals surface area contributed by atoms with E-state index >= 15 is 0 Å². The van der Waals surface area contributed by atoms with Crippen LogP contribution in [0.4, 0.5) is 0 Å². The predicted octanol–water partition coefficient (Wildman–Crippen LogP) is 0.763. The molecule has 3 nitrogen and oxygen atoms in total. The molecule has 13 heavy (non-hydrogen) atoms. The van der Waals surface area contributed by atoms with Crippen molar-refractivity contribution in [2.24, 2.45) is 0 Å². The van der Waals surface area contributed by atoms with E-state index in [9.17, 15) is 4.79 Å². The van der Waals surface area contributed by atoms with E-state index in [2.05, 4.69) is 6.58 Å². The first-order chi connectivity index (χ1) is 6.29. The second-order valence-corrected chi connectivity index (χ2v) is 4.07. The number of carbonyl (C=O) groups is 1. The van der Waals surface area contributed by atoms with Gasteiger partial charge in [0.05, 0.1) is 12.6 Å². The first-order valence-electron chi connectivity index (χ1n) is 4.29. The zero-order valence-electron chi connectivity index (χ0n) is 7.86. The molecule has 4 heteroatoms. The third-order valence-electron chi connectivity index (χ3n) is 2.04. The third kappa shape index (κ3) is 2.74. The number of rotatable bonds is 3. The highest BCUT2D eigenvalue weighted by atomic mass is 32.2. The Balaban J connectivity index is 2.55. The second kappa shape index (κ2) is 5.29. The number of thioether (sulfide) groups is 1. The highest BCUT2D eigenvalue weighted by Gasteiger charge is 2.24. The van der Waals surface area contributed by atoms with Crippen LogP contribution in [0, 0.1) is 0 Å².